The number of nitrogens with one attached hydrogen (secondary N) is 1. The highest BCUT2D eigenvalue weighted by molar-refractivity contribution is 7.86. The number of rotatable bonds is 15. The molecule has 12 heteroatoms. The number of halogens is 1. The predicted octanol–water partition coefficient (Wildman–Crippen LogP) is 12.2. The molecule has 2 aliphatic heterocycles. The van der Waals surface area contributed by atoms with E-state index in [4.69, 9.17) is 11.6 Å². The molecule has 7 rings (SSSR count). The Bertz CT molecular complexity index is 2690. The number of fused-ring (bicyclic) bond motifs is 6. The van der Waals surface area contributed by atoms with Gasteiger partial charge in [-0.2, -0.15) is 21.4 Å². The van der Waals surface area contributed by atoms with Gasteiger partial charge in [0.1, 0.15) is 6.54 Å². The number of allylic oxidation sites excluding steroid dienone is 8. The predicted molar refractivity (Wildman–Crippen MR) is 270 cm³/mol. The van der Waals surface area contributed by atoms with E-state index < -0.39 is 20.2 Å². The summed E-state index contributed by atoms with van der Waals surface area (Å²) in [4.78, 5) is 2.30. The fourth-order valence-corrected chi connectivity index (χ4v) is 10.9. The maximum absolute atomic E-state index is 11.5. The molecule has 9 nitrogen and oxygen atoms in total. The summed E-state index contributed by atoms with van der Waals surface area (Å²) < 4.78 is 67.0. The van der Waals surface area contributed by atoms with E-state index in [0.717, 1.165) is 71.3 Å². The smallest absolute Gasteiger partial charge is 0.264 e. The van der Waals surface area contributed by atoms with Crippen molar-refractivity contribution in [3.63, 3.8) is 0 Å². The van der Waals surface area contributed by atoms with E-state index in [9.17, 15) is 25.9 Å². The van der Waals surface area contributed by atoms with Gasteiger partial charge in [0.15, 0.2) is 5.71 Å². The Labute approximate surface area is 388 Å². The Kier molecular flexibility index (Phi) is 17.4. The van der Waals surface area contributed by atoms with Crippen molar-refractivity contribution in [2.24, 2.45) is 0 Å². The van der Waals surface area contributed by atoms with Gasteiger partial charge in [0.25, 0.3) is 20.2 Å². The highest BCUT2D eigenvalue weighted by Crippen LogP contribution is 2.51. The van der Waals surface area contributed by atoms with Crippen molar-refractivity contribution >= 4 is 70.5 Å². The first kappa shape index (κ1) is 50.9. The van der Waals surface area contributed by atoms with Crippen LogP contribution in [-0.2, 0) is 31.1 Å². The van der Waals surface area contributed by atoms with Crippen LogP contribution in [0.25, 0.3) is 21.5 Å². The summed E-state index contributed by atoms with van der Waals surface area (Å²) >= 11 is 7.29. The monoisotopic (exact) mass is 930 g/mol. The van der Waals surface area contributed by atoms with E-state index in [1.807, 2.05) is 26.0 Å². The first-order chi connectivity index (χ1) is 30.4. The molecule has 0 atom stereocenters. The topological polar surface area (TPSA) is 127 Å². The van der Waals surface area contributed by atoms with Crippen molar-refractivity contribution in [3.8, 4) is 0 Å². The molecule has 0 spiro atoms. The van der Waals surface area contributed by atoms with E-state index in [1.54, 1.807) is 0 Å². The molecule has 0 saturated heterocycles. The molecule has 3 aliphatic rings. The number of nitrogens with zero attached hydrogens (tertiary/aromatic N) is 2. The van der Waals surface area contributed by atoms with E-state index in [-0.39, 0.29) is 22.3 Å². The average Bonchev–Trinajstić information content (AvgIpc) is 3.61. The van der Waals surface area contributed by atoms with Crippen LogP contribution in [0.5, 0.6) is 0 Å². The summed E-state index contributed by atoms with van der Waals surface area (Å²) in [5.74, 6) is -0.529. The van der Waals surface area contributed by atoms with E-state index in [1.165, 1.54) is 32.7 Å². The molecule has 346 valence electrons. The van der Waals surface area contributed by atoms with Crippen LogP contribution in [0.2, 0.25) is 0 Å². The van der Waals surface area contributed by atoms with Gasteiger partial charge >= 0.3 is 0 Å². The average molecular weight is 932 g/mol. The van der Waals surface area contributed by atoms with Crippen LogP contribution in [-0.4, -0.2) is 73.9 Å². The van der Waals surface area contributed by atoms with Gasteiger partial charge in [-0.25, -0.2) is 0 Å². The SMILES string of the molecule is CC.CC1(C)C(/C=C/C2=C(Cl)C(=C/C=C3/N(CCCCS(=O)(=O)O)c4ccc5ccccc5c4C3(C)C)/CCC2)=[N+](CCCCS(=O)(=O)O)c2ccc3ccccc3c21.CCNCC. The first-order valence-corrected chi connectivity index (χ1v) is 26.5. The zero-order valence-electron chi connectivity index (χ0n) is 39.0. The van der Waals surface area contributed by atoms with Crippen LogP contribution in [0, 0.1) is 0 Å². The van der Waals surface area contributed by atoms with Crippen molar-refractivity contribution in [3.05, 3.63) is 130 Å². The molecular weight excluding hydrogens is 862 g/mol. The summed E-state index contributed by atoms with van der Waals surface area (Å²) in [7, 11) is -8.07. The molecule has 4 aromatic carbocycles. The normalized spacial score (nSPS) is 18.1. The summed E-state index contributed by atoms with van der Waals surface area (Å²) in [6, 6.07) is 25.4. The van der Waals surface area contributed by atoms with Crippen LogP contribution in [0.3, 0.4) is 0 Å². The van der Waals surface area contributed by atoms with Crippen LogP contribution in [0.15, 0.2) is 119 Å². The first-order valence-electron chi connectivity index (χ1n) is 23.0. The summed E-state index contributed by atoms with van der Waals surface area (Å²) in [5.41, 5.74) is 8.33. The minimum absolute atomic E-state index is 0.264. The molecule has 0 aromatic heterocycles. The van der Waals surface area contributed by atoms with Crippen LogP contribution in [0.1, 0.15) is 111 Å². The zero-order valence-corrected chi connectivity index (χ0v) is 41.4. The van der Waals surface area contributed by atoms with Crippen molar-refractivity contribution in [2.45, 2.75) is 111 Å². The minimum Gasteiger partial charge on any atom is -0.344 e. The molecule has 2 heterocycles. The molecule has 64 heavy (non-hydrogen) atoms. The summed E-state index contributed by atoms with van der Waals surface area (Å²) in [6.07, 6.45) is 13.2. The molecular formula is C52H69ClN3O6S2+. The van der Waals surface area contributed by atoms with Gasteiger partial charge in [0.2, 0.25) is 5.69 Å². The minimum atomic E-state index is -4.04. The number of unbranched alkanes of at least 4 members (excludes halogenated alkanes) is 2. The second kappa shape index (κ2) is 21.9. The maximum atomic E-state index is 11.5. The van der Waals surface area contributed by atoms with Crippen molar-refractivity contribution in [2.75, 3.05) is 42.6 Å². The Morgan fingerprint density at radius 1 is 0.719 bits per heavy atom. The van der Waals surface area contributed by atoms with Crippen LogP contribution >= 0.6 is 11.6 Å². The second-order valence-corrected chi connectivity index (χ2v) is 21.0. The van der Waals surface area contributed by atoms with Gasteiger partial charge in [-0.15, -0.1) is 0 Å². The molecule has 1 aliphatic carbocycles. The number of hydrogen-bond donors (Lipinski definition) is 3. The quantitative estimate of drug-likeness (QED) is 0.0611. The van der Waals surface area contributed by atoms with E-state index >= 15 is 0 Å². The van der Waals surface area contributed by atoms with Gasteiger partial charge in [-0.3, -0.25) is 9.11 Å². The Balaban J connectivity index is 0.00000103. The van der Waals surface area contributed by atoms with Crippen molar-refractivity contribution in [1.29, 1.82) is 0 Å². The summed E-state index contributed by atoms with van der Waals surface area (Å²) in [5, 5.41) is 8.57. The Hall–Kier alpha value is -4.10. The third kappa shape index (κ3) is 11.8. The van der Waals surface area contributed by atoms with E-state index in [2.05, 4.69) is 141 Å². The van der Waals surface area contributed by atoms with Gasteiger partial charge in [0, 0.05) is 52.5 Å². The lowest BCUT2D eigenvalue weighted by atomic mass is 9.78. The number of anilines is 1. The maximum Gasteiger partial charge on any atom is 0.264 e. The molecule has 0 amide bonds. The van der Waals surface area contributed by atoms with Gasteiger partial charge in [0.05, 0.1) is 16.9 Å². The molecule has 0 radical (unpaired) electrons. The van der Waals surface area contributed by atoms with Crippen molar-refractivity contribution in [1.82, 2.24) is 5.32 Å². The molecule has 4 aromatic rings. The lowest BCUT2D eigenvalue weighted by molar-refractivity contribution is -0.438. The second-order valence-electron chi connectivity index (χ2n) is 17.5. The van der Waals surface area contributed by atoms with Crippen LogP contribution in [0.4, 0.5) is 11.4 Å². The summed E-state index contributed by atoms with van der Waals surface area (Å²) in [6.45, 7) is 20.6. The van der Waals surface area contributed by atoms with E-state index in [0.29, 0.717) is 38.8 Å². The largest absolute Gasteiger partial charge is 0.344 e. The number of hydrogen-bond acceptors (Lipinski definition) is 6. The van der Waals surface area contributed by atoms with Crippen molar-refractivity contribution < 1.29 is 30.5 Å². The van der Waals surface area contributed by atoms with Gasteiger partial charge in [-0.1, -0.05) is 120 Å². The number of benzene rings is 4. The molecule has 0 unspecified atom stereocenters. The molecule has 3 N–H and O–H groups in total. The third-order valence-electron chi connectivity index (χ3n) is 12.4. The third-order valence-corrected chi connectivity index (χ3v) is 14.5. The standard InChI is InChI=1S/C46H51ClN2O6S2.C4H11N.C2H6/c1-45(2)40(48(28-9-11-30-56(50,51)52)38-24-20-32-14-5-7-18-36(32)42(38)45)26-22-34-16-13-17-35(44(34)47)23-27-41-46(3,4)43-37-19-8-6-15-33(37)21-25-39(43)49(41)29-10-12-31-57(53,54)55;1-3-5-4-2;1-2/h5-8,14-15,18-27H,9-13,16-17,28-31H2,1-4H3,(H-,50,51,52,53,54,55);5H,3-4H2,1-2H3;1-2H3/p+1. The van der Waals surface area contributed by atoms with Gasteiger partial charge in [-0.05, 0) is 122 Å². The fraction of sp³-hybridized carbons (Fsp3) is 0.442. The van der Waals surface area contributed by atoms with Gasteiger partial charge < -0.3 is 10.2 Å². The highest BCUT2D eigenvalue weighted by atomic mass is 35.5. The highest BCUT2D eigenvalue weighted by Gasteiger charge is 2.45. The lowest BCUT2D eigenvalue weighted by Gasteiger charge is -2.27. The Morgan fingerprint density at radius 3 is 1.89 bits per heavy atom. The molecule has 0 saturated carbocycles. The molecule has 0 fully saturated rings. The fourth-order valence-electron chi connectivity index (χ4n) is 9.48. The zero-order chi connectivity index (χ0) is 46.9. The Morgan fingerprint density at radius 2 is 1.30 bits per heavy atom. The molecule has 0 bridgehead atoms. The lowest BCUT2D eigenvalue weighted by Crippen LogP contribution is -2.28. The van der Waals surface area contributed by atoms with Crippen LogP contribution < -0.4 is 10.2 Å².